The van der Waals surface area contributed by atoms with Crippen molar-refractivity contribution in [1.82, 2.24) is 30.3 Å². The Morgan fingerprint density at radius 1 is 0.959 bits per heavy atom. The number of aryl methyl sites for hydroxylation is 1. The molecule has 0 spiro atoms. The zero-order valence-electron chi connectivity index (χ0n) is 27.6. The van der Waals surface area contributed by atoms with E-state index in [9.17, 15) is 14.8 Å². The van der Waals surface area contributed by atoms with E-state index in [1.165, 1.54) is 0 Å². The van der Waals surface area contributed by atoms with Gasteiger partial charge < -0.3 is 15.3 Å². The number of fused-ring (bicyclic) bond motifs is 1. The number of hydrogen-bond acceptors (Lipinski definition) is 9. The number of likely N-dealkylation sites (tertiary alicyclic amines) is 1. The molecule has 2 aromatic carbocycles. The third kappa shape index (κ3) is 5.91. The van der Waals surface area contributed by atoms with Gasteiger partial charge in [0.05, 0.1) is 11.6 Å². The molecule has 252 valence electrons. The molecule has 3 aliphatic heterocycles. The lowest BCUT2D eigenvalue weighted by molar-refractivity contribution is -0.142. The lowest BCUT2D eigenvalue weighted by atomic mass is 9.78. The highest BCUT2D eigenvalue weighted by molar-refractivity contribution is 6.04. The first kappa shape index (κ1) is 31.4. The first-order valence-electron chi connectivity index (χ1n) is 17.4. The van der Waals surface area contributed by atoms with Crippen molar-refractivity contribution in [2.75, 3.05) is 19.6 Å². The standard InChI is InChI=1S/C38H41N7O4/c1-23(29-21-40-18-14-32(29)44-19-15-33(44)28-9-11-36(46)41-38(28)47)49-35-5-3-2-4-34(35)45-22-30(37(42-45)24-12-16-39-17-13-24)26-6-8-27-25(20-26)7-10-31(27)43-48/h2-6,8,12-13,16-17,20,22-23,28-29,32-33,40,48H,7,9-11,14-15,18-19,21H2,1H3,(H,41,46,47)/b43-31+. The molecule has 11 nitrogen and oxygen atoms in total. The SMILES string of the molecule is CC(Oc1ccccc1-n1cc(-c2ccc3c(c2)CC/C3=N\O)c(-c2ccncc2)n1)C1CNCCC1N1CCC1C1CCC(=O)NC1=O. The molecule has 49 heavy (non-hydrogen) atoms. The summed E-state index contributed by atoms with van der Waals surface area (Å²) in [6.45, 7) is 4.85. The summed E-state index contributed by atoms with van der Waals surface area (Å²) in [4.78, 5) is 31.3. The number of carbonyl (C=O) groups is 2. The Bertz CT molecular complexity index is 1910. The summed E-state index contributed by atoms with van der Waals surface area (Å²) in [6.07, 6.45) is 10.1. The van der Waals surface area contributed by atoms with E-state index in [-0.39, 0.29) is 41.8 Å². The number of amides is 2. The fraction of sp³-hybridized carbons (Fsp3) is 0.395. The summed E-state index contributed by atoms with van der Waals surface area (Å²) < 4.78 is 8.76. The number of hydrogen-bond donors (Lipinski definition) is 3. The Morgan fingerprint density at radius 2 is 1.82 bits per heavy atom. The molecule has 4 aromatic rings. The minimum Gasteiger partial charge on any atom is -0.488 e. The number of para-hydroxylation sites is 2. The fourth-order valence-corrected chi connectivity index (χ4v) is 8.31. The lowest BCUT2D eigenvalue weighted by Crippen LogP contribution is -2.65. The molecule has 2 amide bonds. The second-order valence-corrected chi connectivity index (χ2v) is 13.7. The molecule has 8 rings (SSSR count). The third-order valence-corrected chi connectivity index (χ3v) is 10.9. The first-order valence-corrected chi connectivity index (χ1v) is 17.4. The third-order valence-electron chi connectivity index (χ3n) is 10.9. The molecule has 2 aromatic heterocycles. The van der Waals surface area contributed by atoms with E-state index in [0.717, 1.165) is 96.0 Å². The number of aromatic nitrogens is 3. The van der Waals surface area contributed by atoms with Crippen LogP contribution in [0.5, 0.6) is 5.75 Å². The highest BCUT2D eigenvalue weighted by Crippen LogP contribution is 2.39. The van der Waals surface area contributed by atoms with Crippen LogP contribution in [0.2, 0.25) is 0 Å². The number of carbonyl (C=O) groups excluding carboxylic acids is 2. The second kappa shape index (κ2) is 13.2. The number of nitrogens with zero attached hydrogens (tertiary/aromatic N) is 5. The van der Waals surface area contributed by atoms with Crippen LogP contribution in [0.15, 0.2) is 78.3 Å². The number of nitrogens with one attached hydrogen (secondary N) is 2. The van der Waals surface area contributed by atoms with Crippen molar-refractivity contribution in [3.8, 4) is 33.8 Å². The van der Waals surface area contributed by atoms with Crippen molar-refractivity contribution >= 4 is 17.5 Å². The average Bonchev–Trinajstić information content (AvgIpc) is 3.74. The van der Waals surface area contributed by atoms with Crippen LogP contribution in [-0.2, 0) is 16.0 Å². The molecule has 3 N–H and O–H groups in total. The van der Waals surface area contributed by atoms with Crippen molar-refractivity contribution in [2.45, 2.75) is 63.6 Å². The summed E-state index contributed by atoms with van der Waals surface area (Å²) >= 11 is 0. The van der Waals surface area contributed by atoms with Crippen molar-refractivity contribution in [3.05, 3.63) is 84.3 Å². The minimum atomic E-state index is -0.163. The molecule has 3 saturated heterocycles. The summed E-state index contributed by atoms with van der Waals surface area (Å²) in [7, 11) is 0. The predicted molar refractivity (Wildman–Crippen MR) is 185 cm³/mol. The second-order valence-electron chi connectivity index (χ2n) is 13.7. The zero-order valence-corrected chi connectivity index (χ0v) is 27.6. The van der Waals surface area contributed by atoms with Crippen molar-refractivity contribution in [1.29, 1.82) is 0 Å². The number of rotatable bonds is 8. The number of benzene rings is 2. The van der Waals surface area contributed by atoms with Crippen molar-refractivity contribution in [2.24, 2.45) is 17.0 Å². The monoisotopic (exact) mass is 659 g/mol. The number of pyridine rings is 1. The molecule has 5 heterocycles. The van der Waals surface area contributed by atoms with E-state index in [1.54, 1.807) is 12.4 Å². The smallest absolute Gasteiger partial charge is 0.231 e. The average molecular weight is 660 g/mol. The molecule has 11 heteroatoms. The Balaban J connectivity index is 1.08. The normalized spacial score (nSPS) is 25.4. The molecule has 5 atom stereocenters. The zero-order chi connectivity index (χ0) is 33.5. The van der Waals surface area contributed by atoms with Gasteiger partial charge in [-0.3, -0.25) is 24.8 Å². The maximum absolute atomic E-state index is 12.8. The van der Waals surface area contributed by atoms with E-state index in [0.29, 0.717) is 12.8 Å². The summed E-state index contributed by atoms with van der Waals surface area (Å²) in [5.74, 6) is 0.527. The number of piperidine rings is 2. The molecule has 0 radical (unpaired) electrons. The largest absolute Gasteiger partial charge is 0.488 e. The summed E-state index contributed by atoms with van der Waals surface area (Å²) in [6, 6.07) is 18.7. The van der Waals surface area contributed by atoms with Gasteiger partial charge in [-0.1, -0.05) is 35.5 Å². The van der Waals surface area contributed by atoms with E-state index >= 15 is 0 Å². The van der Waals surface area contributed by atoms with E-state index < -0.39 is 0 Å². The molecule has 1 aliphatic carbocycles. The molecule has 5 unspecified atom stereocenters. The van der Waals surface area contributed by atoms with Crippen molar-refractivity contribution < 1.29 is 19.5 Å². The lowest BCUT2D eigenvalue weighted by Gasteiger charge is -2.53. The number of imide groups is 1. The van der Waals surface area contributed by atoms with E-state index in [4.69, 9.17) is 9.84 Å². The fourth-order valence-electron chi connectivity index (χ4n) is 8.31. The van der Waals surface area contributed by atoms with Crippen molar-refractivity contribution in [3.63, 3.8) is 0 Å². The molecular formula is C38H41N7O4. The molecule has 0 saturated carbocycles. The van der Waals surface area contributed by atoms with Gasteiger partial charge in [0.25, 0.3) is 0 Å². The molecule has 4 aliphatic rings. The number of oxime groups is 1. The van der Waals surface area contributed by atoms with Crippen LogP contribution in [0.4, 0.5) is 0 Å². The Hall–Kier alpha value is -4.87. The van der Waals surface area contributed by atoms with Gasteiger partial charge in [-0.05, 0) is 81.0 Å². The first-order chi connectivity index (χ1) is 24.0. The minimum absolute atomic E-state index is 0.115. The van der Waals surface area contributed by atoms with E-state index in [1.807, 2.05) is 47.1 Å². The maximum Gasteiger partial charge on any atom is 0.231 e. The molecular weight excluding hydrogens is 618 g/mol. The topological polar surface area (TPSA) is 134 Å². The predicted octanol–water partition coefficient (Wildman–Crippen LogP) is 4.60. The highest BCUT2D eigenvalue weighted by atomic mass is 16.5. The highest BCUT2D eigenvalue weighted by Gasteiger charge is 2.47. The van der Waals surface area contributed by atoms with Crippen LogP contribution >= 0.6 is 0 Å². The quantitative estimate of drug-likeness (QED) is 0.142. The van der Waals surface area contributed by atoms with Gasteiger partial charge in [0.2, 0.25) is 11.8 Å². The molecule has 0 bridgehead atoms. The Kier molecular flexibility index (Phi) is 8.46. The van der Waals surface area contributed by atoms with Gasteiger partial charge in [-0.2, -0.15) is 5.10 Å². The van der Waals surface area contributed by atoms with Crippen LogP contribution in [0.1, 0.15) is 50.2 Å². The van der Waals surface area contributed by atoms with Gasteiger partial charge >= 0.3 is 0 Å². The van der Waals surface area contributed by atoms with Gasteiger partial charge in [0, 0.05) is 72.8 Å². The Morgan fingerprint density at radius 3 is 2.61 bits per heavy atom. The van der Waals surface area contributed by atoms with Gasteiger partial charge in [0.15, 0.2) is 0 Å². The van der Waals surface area contributed by atoms with Crippen LogP contribution in [0, 0.1) is 11.8 Å². The molecule has 3 fully saturated rings. The number of ether oxygens (including phenoxy) is 1. The van der Waals surface area contributed by atoms with Crippen LogP contribution in [0.25, 0.3) is 28.1 Å². The summed E-state index contributed by atoms with van der Waals surface area (Å²) in [5.41, 5.74) is 7.56. The van der Waals surface area contributed by atoms with Crippen LogP contribution in [-0.4, -0.2) is 80.2 Å². The van der Waals surface area contributed by atoms with Crippen LogP contribution < -0.4 is 15.4 Å². The summed E-state index contributed by atoms with van der Waals surface area (Å²) in [5, 5.41) is 24.3. The Labute approximate surface area is 285 Å². The van der Waals surface area contributed by atoms with Gasteiger partial charge in [0.1, 0.15) is 23.2 Å². The van der Waals surface area contributed by atoms with E-state index in [2.05, 4.69) is 50.9 Å². The van der Waals surface area contributed by atoms with Crippen LogP contribution in [0.3, 0.4) is 0 Å². The maximum atomic E-state index is 12.8. The van der Waals surface area contributed by atoms with Gasteiger partial charge in [-0.15, -0.1) is 0 Å². The van der Waals surface area contributed by atoms with Gasteiger partial charge in [-0.25, -0.2) is 4.68 Å².